The van der Waals surface area contributed by atoms with Gasteiger partial charge in [0.25, 0.3) is 11.6 Å². The van der Waals surface area contributed by atoms with E-state index in [0.29, 0.717) is 41.0 Å². The summed E-state index contributed by atoms with van der Waals surface area (Å²) in [5, 5.41) is 13.1. The number of amides is 1. The Morgan fingerprint density at radius 2 is 2.10 bits per heavy atom. The van der Waals surface area contributed by atoms with Crippen molar-refractivity contribution in [2.45, 2.75) is 26.7 Å². The van der Waals surface area contributed by atoms with Gasteiger partial charge >= 0.3 is 5.97 Å². The first-order valence-corrected chi connectivity index (χ1v) is 6.61. The highest BCUT2D eigenvalue weighted by Crippen LogP contribution is 2.23. The molecule has 112 valence electrons. The van der Waals surface area contributed by atoms with Crippen molar-refractivity contribution < 1.29 is 19.2 Å². The number of carbonyl (C=O) groups excluding carboxylic acids is 1. The van der Waals surface area contributed by atoms with Crippen LogP contribution in [0.5, 0.6) is 0 Å². The fourth-order valence-corrected chi connectivity index (χ4v) is 2.16. The van der Waals surface area contributed by atoms with Gasteiger partial charge in [-0.3, -0.25) is 9.59 Å². The van der Waals surface area contributed by atoms with Crippen LogP contribution in [0, 0.1) is 13.8 Å². The number of aryl methyl sites for hydroxylation is 2. The first-order chi connectivity index (χ1) is 9.90. The standard InChI is InChI=1S/C14H17N3O4/c1-8-7-10(12-9(2)16-21-13(12)15-8)14(20)17(3)6-4-5-11(18)19/h7H,4-6H2,1-3H3,(H,18,19). The lowest BCUT2D eigenvalue weighted by atomic mass is 10.1. The van der Waals surface area contributed by atoms with Crippen LogP contribution in [0.4, 0.5) is 0 Å². The van der Waals surface area contributed by atoms with Gasteiger partial charge in [-0.25, -0.2) is 4.98 Å². The fraction of sp³-hybridized carbons (Fsp3) is 0.429. The number of carboxylic acid groups (broad SMARTS) is 1. The zero-order valence-electron chi connectivity index (χ0n) is 12.2. The van der Waals surface area contributed by atoms with Crippen LogP contribution < -0.4 is 0 Å². The number of rotatable bonds is 5. The molecule has 0 aromatic carbocycles. The van der Waals surface area contributed by atoms with Crippen molar-refractivity contribution in [3.63, 3.8) is 0 Å². The largest absolute Gasteiger partial charge is 0.481 e. The van der Waals surface area contributed by atoms with E-state index in [0.717, 1.165) is 0 Å². The molecule has 0 fully saturated rings. The molecule has 21 heavy (non-hydrogen) atoms. The summed E-state index contributed by atoms with van der Waals surface area (Å²) >= 11 is 0. The summed E-state index contributed by atoms with van der Waals surface area (Å²) in [6.45, 7) is 3.90. The molecule has 0 atom stereocenters. The minimum atomic E-state index is -0.868. The Kier molecular flexibility index (Phi) is 4.21. The molecule has 0 aliphatic heterocycles. The van der Waals surface area contributed by atoms with Crippen molar-refractivity contribution >= 4 is 23.0 Å². The van der Waals surface area contributed by atoms with Crippen LogP contribution in [0.25, 0.3) is 11.1 Å². The number of aromatic nitrogens is 2. The molecule has 0 unspecified atom stereocenters. The Morgan fingerprint density at radius 1 is 1.38 bits per heavy atom. The van der Waals surface area contributed by atoms with E-state index in [1.807, 2.05) is 0 Å². The quantitative estimate of drug-likeness (QED) is 0.901. The summed E-state index contributed by atoms with van der Waals surface area (Å²) in [5.41, 5.74) is 2.10. The maximum atomic E-state index is 12.5. The molecule has 2 aromatic rings. The van der Waals surface area contributed by atoms with E-state index < -0.39 is 5.97 Å². The zero-order chi connectivity index (χ0) is 15.6. The number of fused-ring (bicyclic) bond motifs is 1. The van der Waals surface area contributed by atoms with Gasteiger partial charge in [0.15, 0.2) is 0 Å². The molecule has 0 saturated heterocycles. The molecular formula is C14H17N3O4. The second kappa shape index (κ2) is 5.90. The lowest BCUT2D eigenvalue weighted by molar-refractivity contribution is -0.137. The first kappa shape index (κ1) is 15.0. The Bertz CT molecular complexity index is 693. The van der Waals surface area contributed by atoms with Gasteiger partial charge in [0.1, 0.15) is 0 Å². The predicted molar refractivity (Wildman–Crippen MR) is 75.1 cm³/mol. The van der Waals surface area contributed by atoms with E-state index in [1.54, 1.807) is 27.0 Å². The second-order valence-corrected chi connectivity index (χ2v) is 4.98. The van der Waals surface area contributed by atoms with Crippen LogP contribution >= 0.6 is 0 Å². The van der Waals surface area contributed by atoms with E-state index in [9.17, 15) is 9.59 Å². The van der Waals surface area contributed by atoms with E-state index in [1.165, 1.54) is 4.90 Å². The molecule has 0 spiro atoms. The van der Waals surface area contributed by atoms with E-state index >= 15 is 0 Å². The topological polar surface area (TPSA) is 96.5 Å². The first-order valence-electron chi connectivity index (χ1n) is 6.61. The number of pyridine rings is 1. The van der Waals surface area contributed by atoms with Crippen LogP contribution in [0.3, 0.4) is 0 Å². The molecule has 0 saturated carbocycles. The molecule has 7 heteroatoms. The number of hydrogen-bond donors (Lipinski definition) is 1. The average molecular weight is 291 g/mol. The van der Waals surface area contributed by atoms with Gasteiger partial charge in [0, 0.05) is 25.7 Å². The summed E-state index contributed by atoms with van der Waals surface area (Å²) in [5.74, 6) is -1.06. The summed E-state index contributed by atoms with van der Waals surface area (Å²) in [4.78, 5) is 28.7. The molecule has 2 rings (SSSR count). The SMILES string of the molecule is Cc1cc(C(=O)N(C)CCCC(=O)O)c2c(C)noc2n1. The van der Waals surface area contributed by atoms with Gasteiger partial charge in [-0.15, -0.1) is 0 Å². The van der Waals surface area contributed by atoms with E-state index in [4.69, 9.17) is 9.63 Å². The van der Waals surface area contributed by atoms with Gasteiger partial charge in [0.05, 0.1) is 16.6 Å². The molecule has 0 radical (unpaired) electrons. The highest BCUT2D eigenvalue weighted by molar-refractivity contribution is 6.05. The van der Waals surface area contributed by atoms with Crippen LogP contribution in [0.2, 0.25) is 0 Å². The Labute approximate surface area is 121 Å². The monoisotopic (exact) mass is 291 g/mol. The minimum Gasteiger partial charge on any atom is -0.481 e. The molecule has 0 aliphatic rings. The molecule has 1 amide bonds. The van der Waals surface area contributed by atoms with Crippen LogP contribution in [0.1, 0.15) is 34.6 Å². The summed E-state index contributed by atoms with van der Waals surface area (Å²) < 4.78 is 5.10. The predicted octanol–water partition coefficient (Wildman–Crippen LogP) is 1.78. The van der Waals surface area contributed by atoms with Crippen LogP contribution in [-0.2, 0) is 4.79 Å². The molecule has 0 bridgehead atoms. The van der Waals surface area contributed by atoms with Gasteiger partial charge in [-0.2, -0.15) is 0 Å². The number of carbonyl (C=O) groups is 2. The number of hydrogen-bond acceptors (Lipinski definition) is 5. The van der Waals surface area contributed by atoms with Crippen molar-refractivity contribution in [2.75, 3.05) is 13.6 Å². The van der Waals surface area contributed by atoms with Gasteiger partial charge in [-0.05, 0) is 26.3 Å². The molecular weight excluding hydrogens is 274 g/mol. The second-order valence-electron chi connectivity index (χ2n) is 4.98. The fourth-order valence-electron chi connectivity index (χ4n) is 2.16. The third-order valence-corrected chi connectivity index (χ3v) is 3.21. The molecule has 2 heterocycles. The van der Waals surface area contributed by atoms with Crippen molar-refractivity contribution in [3.05, 3.63) is 23.0 Å². The normalized spacial score (nSPS) is 10.8. The molecule has 1 N–H and O–H groups in total. The number of nitrogens with zero attached hydrogens (tertiary/aromatic N) is 3. The third-order valence-electron chi connectivity index (χ3n) is 3.21. The molecule has 0 aliphatic carbocycles. The number of carboxylic acids is 1. The maximum Gasteiger partial charge on any atom is 0.303 e. The highest BCUT2D eigenvalue weighted by Gasteiger charge is 2.20. The number of aliphatic carboxylic acids is 1. The molecule has 2 aromatic heterocycles. The van der Waals surface area contributed by atoms with Crippen molar-refractivity contribution in [1.82, 2.24) is 15.0 Å². The summed E-state index contributed by atoms with van der Waals surface area (Å²) in [6, 6.07) is 1.70. The van der Waals surface area contributed by atoms with E-state index in [-0.39, 0.29) is 12.3 Å². The third kappa shape index (κ3) is 3.18. The smallest absolute Gasteiger partial charge is 0.303 e. The Morgan fingerprint density at radius 3 is 2.76 bits per heavy atom. The Balaban J connectivity index is 2.26. The lowest BCUT2D eigenvalue weighted by Crippen LogP contribution is -2.28. The average Bonchev–Trinajstić information content (AvgIpc) is 2.78. The van der Waals surface area contributed by atoms with Crippen molar-refractivity contribution in [3.8, 4) is 0 Å². The maximum absolute atomic E-state index is 12.5. The van der Waals surface area contributed by atoms with Gasteiger partial charge < -0.3 is 14.5 Å². The molecule has 7 nitrogen and oxygen atoms in total. The lowest BCUT2D eigenvalue weighted by Gasteiger charge is -2.17. The summed E-state index contributed by atoms with van der Waals surface area (Å²) in [7, 11) is 1.65. The van der Waals surface area contributed by atoms with Crippen molar-refractivity contribution in [1.29, 1.82) is 0 Å². The zero-order valence-corrected chi connectivity index (χ0v) is 12.2. The highest BCUT2D eigenvalue weighted by atomic mass is 16.5. The van der Waals surface area contributed by atoms with Crippen LogP contribution in [0.15, 0.2) is 10.6 Å². The van der Waals surface area contributed by atoms with Crippen LogP contribution in [-0.4, -0.2) is 45.6 Å². The van der Waals surface area contributed by atoms with Crippen molar-refractivity contribution in [2.24, 2.45) is 0 Å². The van der Waals surface area contributed by atoms with Gasteiger partial charge in [0.2, 0.25) is 0 Å². The Hall–Kier alpha value is -2.44. The summed E-state index contributed by atoms with van der Waals surface area (Å²) in [6.07, 6.45) is 0.447. The van der Waals surface area contributed by atoms with Gasteiger partial charge in [-0.1, -0.05) is 5.16 Å². The minimum absolute atomic E-state index is 0.0364. The van der Waals surface area contributed by atoms with E-state index in [2.05, 4.69) is 10.1 Å².